The molecule has 5 nitrogen and oxygen atoms in total. The number of aliphatic carboxylic acids is 1. The van der Waals surface area contributed by atoms with Gasteiger partial charge in [-0.25, -0.2) is 4.79 Å². The Labute approximate surface area is 123 Å². The second kappa shape index (κ2) is 5.15. The predicted octanol–water partition coefficient (Wildman–Crippen LogP) is 1.47. The minimum Gasteiger partial charge on any atom is -0.480 e. The number of carbonyl (C=O) groups is 2. The fraction of sp³-hybridized carbons (Fsp3) is 0.500. The first-order valence-corrected chi connectivity index (χ1v) is 7.28. The molecule has 0 atom stereocenters. The zero-order valence-electron chi connectivity index (χ0n) is 11.8. The summed E-state index contributed by atoms with van der Waals surface area (Å²) >= 11 is 0. The van der Waals surface area contributed by atoms with Crippen LogP contribution >= 0.6 is 0 Å². The van der Waals surface area contributed by atoms with Crippen LogP contribution in [0.1, 0.15) is 31.2 Å². The standard InChI is InChI=1S/C16H19NO4/c18-13(15(6-7-15)12-4-2-1-3-5-12)17-16(14(19)20)8-10-21-11-9-16/h1-5H,6-11H2,(H,17,18)(H,19,20). The number of hydrogen-bond donors (Lipinski definition) is 2. The fourth-order valence-corrected chi connectivity index (χ4v) is 2.98. The van der Waals surface area contributed by atoms with Crippen molar-refractivity contribution in [3.05, 3.63) is 35.9 Å². The van der Waals surface area contributed by atoms with E-state index in [4.69, 9.17) is 4.74 Å². The number of ether oxygens (including phenoxy) is 1. The van der Waals surface area contributed by atoms with Crippen molar-refractivity contribution in [3.63, 3.8) is 0 Å². The molecule has 0 aromatic heterocycles. The fourth-order valence-electron chi connectivity index (χ4n) is 2.98. The average Bonchev–Trinajstić information content (AvgIpc) is 3.31. The van der Waals surface area contributed by atoms with Crippen molar-refractivity contribution in [2.45, 2.75) is 36.6 Å². The second-order valence-electron chi connectivity index (χ2n) is 5.90. The number of nitrogens with one attached hydrogen (secondary N) is 1. The summed E-state index contributed by atoms with van der Waals surface area (Å²) in [5, 5.41) is 12.3. The van der Waals surface area contributed by atoms with Gasteiger partial charge < -0.3 is 15.2 Å². The van der Waals surface area contributed by atoms with Gasteiger partial charge in [0.25, 0.3) is 0 Å². The molecule has 2 N–H and O–H groups in total. The average molecular weight is 289 g/mol. The van der Waals surface area contributed by atoms with E-state index in [2.05, 4.69) is 5.32 Å². The van der Waals surface area contributed by atoms with Gasteiger partial charge in [0.15, 0.2) is 0 Å². The Morgan fingerprint density at radius 3 is 2.19 bits per heavy atom. The summed E-state index contributed by atoms with van der Waals surface area (Å²) in [6, 6.07) is 9.59. The summed E-state index contributed by atoms with van der Waals surface area (Å²) in [5.41, 5.74) is -0.753. The normalized spacial score (nSPS) is 22.3. The van der Waals surface area contributed by atoms with Crippen molar-refractivity contribution in [1.29, 1.82) is 0 Å². The van der Waals surface area contributed by atoms with Crippen molar-refractivity contribution >= 4 is 11.9 Å². The molecule has 21 heavy (non-hydrogen) atoms. The first-order valence-electron chi connectivity index (χ1n) is 7.28. The summed E-state index contributed by atoms with van der Waals surface area (Å²) in [6.45, 7) is 0.732. The SMILES string of the molecule is O=C(O)C1(NC(=O)C2(c3ccccc3)CC2)CCOCC1. The smallest absolute Gasteiger partial charge is 0.329 e. The number of carbonyl (C=O) groups excluding carboxylic acids is 1. The van der Waals surface area contributed by atoms with Gasteiger partial charge in [-0.2, -0.15) is 0 Å². The molecular weight excluding hydrogens is 270 g/mol. The molecule has 1 aromatic rings. The highest BCUT2D eigenvalue weighted by Crippen LogP contribution is 2.48. The Bertz CT molecular complexity index is 545. The Morgan fingerprint density at radius 2 is 1.67 bits per heavy atom. The van der Waals surface area contributed by atoms with E-state index < -0.39 is 16.9 Å². The van der Waals surface area contributed by atoms with Crippen LogP contribution in [0.15, 0.2) is 30.3 Å². The van der Waals surface area contributed by atoms with Crippen LogP contribution in [0.2, 0.25) is 0 Å². The molecule has 0 radical (unpaired) electrons. The van der Waals surface area contributed by atoms with E-state index in [0.717, 1.165) is 18.4 Å². The molecule has 1 amide bonds. The van der Waals surface area contributed by atoms with Crippen molar-refractivity contribution < 1.29 is 19.4 Å². The molecule has 0 spiro atoms. The lowest BCUT2D eigenvalue weighted by Gasteiger charge is -2.35. The molecule has 5 heteroatoms. The molecule has 2 fully saturated rings. The molecule has 1 aromatic carbocycles. The maximum Gasteiger partial charge on any atom is 0.329 e. The van der Waals surface area contributed by atoms with E-state index in [1.807, 2.05) is 30.3 Å². The first kappa shape index (κ1) is 14.1. The molecule has 2 aliphatic rings. The summed E-state index contributed by atoms with van der Waals surface area (Å²) in [5.74, 6) is -1.14. The Kier molecular flexibility index (Phi) is 3.45. The van der Waals surface area contributed by atoms with Gasteiger partial charge in [-0.05, 0) is 18.4 Å². The molecule has 1 heterocycles. The van der Waals surface area contributed by atoms with Crippen LogP contribution in [0.4, 0.5) is 0 Å². The van der Waals surface area contributed by atoms with Crippen LogP contribution in [-0.2, 0) is 19.7 Å². The molecular formula is C16H19NO4. The molecule has 1 saturated carbocycles. The topological polar surface area (TPSA) is 75.6 Å². The van der Waals surface area contributed by atoms with Crippen LogP contribution in [0, 0.1) is 0 Å². The lowest BCUT2D eigenvalue weighted by atomic mass is 9.87. The third-order valence-electron chi connectivity index (χ3n) is 4.62. The van der Waals surface area contributed by atoms with E-state index >= 15 is 0 Å². The van der Waals surface area contributed by atoms with Crippen LogP contribution in [-0.4, -0.2) is 35.7 Å². The number of amides is 1. The minimum atomic E-state index is -1.18. The summed E-state index contributed by atoms with van der Waals surface area (Å²) in [7, 11) is 0. The maximum atomic E-state index is 12.7. The first-order chi connectivity index (χ1) is 10.1. The predicted molar refractivity (Wildman–Crippen MR) is 75.9 cm³/mol. The van der Waals surface area contributed by atoms with Gasteiger partial charge in [0.1, 0.15) is 5.54 Å². The lowest BCUT2D eigenvalue weighted by Crippen LogP contribution is -2.59. The Hall–Kier alpha value is -1.88. The molecule has 0 bridgehead atoms. The van der Waals surface area contributed by atoms with Crippen molar-refractivity contribution in [3.8, 4) is 0 Å². The molecule has 1 saturated heterocycles. The van der Waals surface area contributed by atoms with Gasteiger partial charge in [-0.1, -0.05) is 30.3 Å². The van der Waals surface area contributed by atoms with Crippen LogP contribution in [0.3, 0.4) is 0 Å². The highest BCUT2D eigenvalue weighted by atomic mass is 16.5. The highest BCUT2D eigenvalue weighted by Gasteiger charge is 2.54. The zero-order valence-corrected chi connectivity index (χ0v) is 11.8. The van der Waals surface area contributed by atoms with Gasteiger partial charge in [0, 0.05) is 26.1 Å². The Balaban J connectivity index is 1.81. The van der Waals surface area contributed by atoms with E-state index in [1.165, 1.54) is 0 Å². The van der Waals surface area contributed by atoms with Gasteiger partial charge in [-0.15, -0.1) is 0 Å². The minimum absolute atomic E-state index is 0.169. The third-order valence-corrected chi connectivity index (χ3v) is 4.62. The molecule has 112 valence electrons. The lowest BCUT2D eigenvalue weighted by molar-refractivity contribution is -0.152. The van der Waals surface area contributed by atoms with Crippen LogP contribution in [0.5, 0.6) is 0 Å². The number of carboxylic acids is 1. The van der Waals surface area contributed by atoms with E-state index in [1.54, 1.807) is 0 Å². The molecule has 0 unspecified atom stereocenters. The summed E-state index contributed by atoms with van der Waals surface area (Å²) in [6.07, 6.45) is 2.18. The van der Waals surface area contributed by atoms with Crippen molar-refractivity contribution in [2.24, 2.45) is 0 Å². The zero-order chi connectivity index (χ0) is 14.9. The van der Waals surface area contributed by atoms with Gasteiger partial charge in [-0.3, -0.25) is 4.79 Å². The molecule has 1 aliphatic heterocycles. The molecule has 3 rings (SSSR count). The second-order valence-corrected chi connectivity index (χ2v) is 5.90. The highest BCUT2D eigenvalue weighted by molar-refractivity contribution is 5.95. The number of carboxylic acid groups (broad SMARTS) is 1. The van der Waals surface area contributed by atoms with Crippen LogP contribution in [0.25, 0.3) is 0 Å². The number of rotatable bonds is 4. The third kappa shape index (κ3) is 2.42. The monoisotopic (exact) mass is 289 g/mol. The van der Waals surface area contributed by atoms with E-state index in [0.29, 0.717) is 26.1 Å². The van der Waals surface area contributed by atoms with Gasteiger partial charge in [0.2, 0.25) is 5.91 Å². The number of hydrogen-bond acceptors (Lipinski definition) is 3. The quantitative estimate of drug-likeness (QED) is 0.880. The van der Waals surface area contributed by atoms with E-state index in [9.17, 15) is 14.7 Å². The summed E-state index contributed by atoms with van der Waals surface area (Å²) < 4.78 is 5.23. The summed E-state index contributed by atoms with van der Waals surface area (Å²) in [4.78, 5) is 24.3. The van der Waals surface area contributed by atoms with Crippen molar-refractivity contribution in [2.75, 3.05) is 13.2 Å². The van der Waals surface area contributed by atoms with Gasteiger partial charge in [0.05, 0.1) is 5.41 Å². The van der Waals surface area contributed by atoms with E-state index in [-0.39, 0.29) is 5.91 Å². The Morgan fingerprint density at radius 1 is 1.05 bits per heavy atom. The molecule has 1 aliphatic carbocycles. The van der Waals surface area contributed by atoms with Crippen LogP contribution < -0.4 is 5.32 Å². The largest absolute Gasteiger partial charge is 0.480 e. The number of benzene rings is 1. The van der Waals surface area contributed by atoms with Crippen molar-refractivity contribution in [1.82, 2.24) is 5.32 Å². The maximum absolute atomic E-state index is 12.7. The van der Waals surface area contributed by atoms with Gasteiger partial charge >= 0.3 is 5.97 Å².